The van der Waals surface area contributed by atoms with E-state index in [9.17, 15) is 9.59 Å². The molecule has 0 spiro atoms. The number of hydrogen-bond acceptors (Lipinski definition) is 5. The van der Waals surface area contributed by atoms with Gasteiger partial charge in [0.2, 0.25) is 11.8 Å². The molecule has 1 aliphatic carbocycles. The number of ether oxygens (including phenoxy) is 2. The van der Waals surface area contributed by atoms with E-state index in [4.69, 9.17) is 13.9 Å². The lowest BCUT2D eigenvalue weighted by molar-refractivity contribution is -0.147. The third-order valence-corrected chi connectivity index (χ3v) is 6.78. The SMILES string of the molecule is CC[C@H](C)N(CC(=O)N(CCc1ccc(OC)c(OC)c1)Cc1ccc(C)o1)C(=O)C1CCC1. The van der Waals surface area contributed by atoms with Gasteiger partial charge in [0, 0.05) is 18.5 Å². The Kier molecular flexibility index (Phi) is 9.02. The highest BCUT2D eigenvalue weighted by Crippen LogP contribution is 2.30. The summed E-state index contributed by atoms with van der Waals surface area (Å²) in [5.41, 5.74) is 1.04. The average molecular weight is 471 g/mol. The molecule has 1 fully saturated rings. The molecule has 7 nitrogen and oxygen atoms in total. The number of amides is 2. The molecule has 186 valence electrons. The zero-order valence-electron chi connectivity index (χ0n) is 21.1. The molecule has 1 aliphatic rings. The van der Waals surface area contributed by atoms with E-state index in [1.54, 1.807) is 24.0 Å². The molecule has 1 aromatic carbocycles. The first kappa shape index (κ1) is 25.7. The number of nitrogens with zero attached hydrogens (tertiary/aromatic N) is 2. The van der Waals surface area contributed by atoms with Gasteiger partial charge in [-0.1, -0.05) is 19.4 Å². The van der Waals surface area contributed by atoms with Gasteiger partial charge in [0.15, 0.2) is 11.5 Å². The summed E-state index contributed by atoms with van der Waals surface area (Å²) in [6.45, 7) is 6.92. The van der Waals surface area contributed by atoms with Crippen LogP contribution in [-0.4, -0.2) is 55.0 Å². The summed E-state index contributed by atoms with van der Waals surface area (Å²) in [6.07, 6.45) is 4.40. The highest BCUT2D eigenvalue weighted by atomic mass is 16.5. The van der Waals surface area contributed by atoms with Gasteiger partial charge in [0.05, 0.1) is 20.8 Å². The van der Waals surface area contributed by atoms with Crippen LogP contribution in [-0.2, 0) is 22.6 Å². The van der Waals surface area contributed by atoms with Crippen molar-refractivity contribution in [3.8, 4) is 11.5 Å². The summed E-state index contributed by atoms with van der Waals surface area (Å²) in [5, 5.41) is 0. The topological polar surface area (TPSA) is 72.2 Å². The molecule has 1 saturated carbocycles. The lowest BCUT2D eigenvalue weighted by Gasteiger charge is -2.36. The van der Waals surface area contributed by atoms with E-state index < -0.39 is 0 Å². The fourth-order valence-corrected chi connectivity index (χ4v) is 4.16. The number of methoxy groups -OCH3 is 2. The molecule has 0 saturated heterocycles. The Labute approximate surface area is 203 Å². The summed E-state index contributed by atoms with van der Waals surface area (Å²) in [6, 6.07) is 9.61. The minimum atomic E-state index is -0.0671. The first-order valence-electron chi connectivity index (χ1n) is 12.2. The lowest BCUT2D eigenvalue weighted by atomic mass is 9.84. The third-order valence-electron chi connectivity index (χ3n) is 6.78. The fourth-order valence-electron chi connectivity index (χ4n) is 4.16. The molecule has 0 unspecified atom stereocenters. The summed E-state index contributed by atoms with van der Waals surface area (Å²) >= 11 is 0. The number of hydrogen-bond donors (Lipinski definition) is 0. The van der Waals surface area contributed by atoms with Gasteiger partial charge in [-0.2, -0.15) is 0 Å². The smallest absolute Gasteiger partial charge is 0.242 e. The van der Waals surface area contributed by atoms with Gasteiger partial charge in [-0.15, -0.1) is 0 Å². The summed E-state index contributed by atoms with van der Waals surface area (Å²) in [4.78, 5) is 30.1. The molecule has 0 aliphatic heterocycles. The van der Waals surface area contributed by atoms with Crippen LogP contribution in [0.3, 0.4) is 0 Å². The Morgan fingerprint density at radius 1 is 1.12 bits per heavy atom. The maximum atomic E-state index is 13.5. The van der Waals surface area contributed by atoms with Gasteiger partial charge < -0.3 is 23.7 Å². The van der Waals surface area contributed by atoms with Crippen LogP contribution in [0.25, 0.3) is 0 Å². The first-order valence-corrected chi connectivity index (χ1v) is 12.2. The third kappa shape index (κ3) is 6.33. The molecule has 0 N–H and O–H groups in total. The van der Waals surface area contributed by atoms with Crippen molar-refractivity contribution in [3.63, 3.8) is 0 Å². The summed E-state index contributed by atoms with van der Waals surface area (Å²) in [5.74, 6) is 2.99. The second-order valence-electron chi connectivity index (χ2n) is 9.12. The number of aryl methyl sites for hydroxylation is 1. The summed E-state index contributed by atoms with van der Waals surface area (Å²) in [7, 11) is 3.22. The molecular formula is C27H38N2O5. The van der Waals surface area contributed by atoms with Gasteiger partial charge in [-0.05, 0) is 69.4 Å². The van der Waals surface area contributed by atoms with Crippen LogP contribution in [0.4, 0.5) is 0 Å². The normalized spacial score (nSPS) is 14.3. The second kappa shape index (κ2) is 12.0. The van der Waals surface area contributed by atoms with E-state index in [1.807, 2.05) is 44.2 Å². The molecule has 0 radical (unpaired) electrons. The quantitative estimate of drug-likeness (QED) is 0.453. The highest BCUT2D eigenvalue weighted by Gasteiger charge is 2.33. The van der Waals surface area contributed by atoms with E-state index in [1.165, 1.54) is 0 Å². The van der Waals surface area contributed by atoms with E-state index in [0.29, 0.717) is 31.0 Å². The molecule has 2 amide bonds. The molecule has 3 rings (SSSR count). The Bertz CT molecular complexity index is 966. The predicted octanol–water partition coefficient (Wildman–Crippen LogP) is 4.60. The number of carbonyl (C=O) groups excluding carboxylic acids is 2. The van der Waals surface area contributed by atoms with E-state index in [2.05, 4.69) is 6.92 Å². The average Bonchev–Trinajstić information content (AvgIpc) is 3.22. The van der Waals surface area contributed by atoms with E-state index in [0.717, 1.165) is 42.8 Å². The van der Waals surface area contributed by atoms with Crippen molar-refractivity contribution in [3.05, 3.63) is 47.4 Å². The molecule has 2 aromatic rings. The van der Waals surface area contributed by atoms with Crippen LogP contribution in [0, 0.1) is 12.8 Å². The fraction of sp³-hybridized carbons (Fsp3) is 0.556. The van der Waals surface area contributed by atoms with Crippen molar-refractivity contribution < 1.29 is 23.5 Å². The van der Waals surface area contributed by atoms with Crippen molar-refractivity contribution >= 4 is 11.8 Å². The van der Waals surface area contributed by atoms with Gasteiger partial charge >= 0.3 is 0 Å². The molecule has 1 atom stereocenters. The predicted molar refractivity (Wildman–Crippen MR) is 131 cm³/mol. The van der Waals surface area contributed by atoms with Crippen LogP contribution >= 0.6 is 0 Å². The van der Waals surface area contributed by atoms with Gasteiger partial charge in [-0.25, -0.2) is 0 Å². The number of furan rings is 1. The van der Waals surface area contributed by atoms with Crippen molar-refractivity contribution in [2.24, 2.45) is 5.92 Å². The van der Waals surface area contributed by atoms with Crippen LogP contribution in [0.2, 0.25) is 0 Å². The molecule has 1 aromatic heterocycles. The molecular weight excluding hydrogens is 432 g/mol. The van der Waals surface area contributed by atoms with Crippen molar-refractivity contribution in [2.75, 3.05) is 27.3 Å². The number of benzene rings is 1. The monoisotopic (exact) mass is 470 g/mol. The molecule has 1 heterocycles. The Balaban J connectivity index is 1.75. The zero-order chi connectivity index (χ0) is 24.7. The van der Waals surface area contributed by atoms with E-state index in [-0.39, 0.29) is 30.3 Å². The van der Waals surface area contributed by atoms with Crippen molar-refractivity contribution in [1.29, 1.82) is 0 Å². The maximum Gasteiger partial charge on any atom is 0.242 e. The Hall–Kier alpha value is -2.96. The lowest BCUT2D eigenvalue weighted by Crippen LogP contribution is -2.49. The highest BCUT2D eigenvalue weighted by molar-refractivity contribution is 5.86. The second-order valence-corrected chi connectivity index (χ2v) is 9.12. The summed E-state index contributed by atoms with van der Waals surface area (Å²) < 4.78 is 16.5. The van der Waals surface area contributed by atoms with Crippen LogP contribution in [0.15, 0.2) is 34.7 Å². The van der Waals surface area contributed by atoms with Crippen molar-refractivity contribution in [2.45, 2.75) is 65.5 Å². The van der Waals surface area contributed by atoms with Gasteiger partial charge in [0.1, 0.15) is 18.1 Å². The maximum absolute atomic E-state index is 13.5. The minimum Gasteiger partial charge on any atom is -0.493 e. The number of carbonyl (C=O) groups is 2. The first-order chi connectivity index (χ1) is 16.4. The number of rotatable bonds is 12. The van der Waals surface area contributed by atoms with Gasteiger partial charge in [0.25, 0.3) is 0 Å². The Morgan fingerprint density at radius 3 is 2.41 bits per heavy atom. The van der Waals surface area contributed by atoms with Crippen LogP contribution in [0.5, 0.6) is 11.5 Å². The van der Waals surface area contributed by atoms with Gasteiger partial charge in [-0.3, -0.25) is 9.59 Å². The standard InChI is InChI=1S/C27H38N2O5/c1-6-19(2)29(27(31)22-8-7-9-22)18-26(30)28(17-23-12-10-20(3)34-23)15-14-21-11-13-24(32-4)25(16-21)33-5/h10-13,16,19,22H,6-9,14-15,17-18H2,1-5H3/t19-/m0/s1. The minimum absolute atomic E-state index is 0.0237. The molecule has 7 heteroatoms. The van der Waals surface area contributed by atoms with Crippen LogP contribution < -0.4 is 9.47 Å². The van der Waals surface area contributed by atoms with E-state index >= 15 is 0 Å². The molecule has 34 heavy (non-hydrogen) atoms. The Morgan fingerprint density at radius 2 is 1.85 bits per heavy atom. The zero-order valence-corrected chi connectivity index (χ0v) is 21.1. The van der Waals surface area contributed by atoms with Crippen molar-refractivity contribution in [1.82, 2.24) is 9.80 Å². The largest absolute Gasteiger partial charge is 0.493 e. The van der Waals surface area contributed by atoms with Crippen LogP contribution in [0.1, 0.15) is 56.6 Å². The molecule has 0 bridgehead atoms.